The highest BCUT2D eigenvalue weighted by molar-refractivity contribution is 7.89. The highest BCUT2D eigenvalue weighted by Gasteiger charge is 2.32. The number of hydrogen-bond acceptors (Lipinski definition) is 3. The number of nitrogens with zero attached hydrogens (tertiary/aromatic N) is 1. The van der Waals surface area contributed by atoms with Crippen LogP contribution in [-0.4, -0.2) is 25.8 Å². The van der Waals surface area contributed by atoms with Crippen LogP contribution in [0, 0.1) is 18.7 Å². The van der Waals surface area contributed by atoms with E-state index < -0.39 is 15.8 Å². The molecule has 2 rings (SSSR count). The molecule has 1 aliphatic heterocycles. The molecule has 1 atom stereocenters. The van der Waals surface area contributed by atoms with E-state index in [1.807, 2.05) is 6.92 Å². The highest BCUT2D eigenvalue weighted by Crippen LogP contribution is 2.28. The summed E-state index contributed by atoms with van der Waals surface area (Å²) >= 11 is 0. The van der Waals surface area contributed by atoms with Crippen molar-refractivity contribution in [2.45, 2.75) is 31.7 Å². The summed E-state index contributed by atoms with van der Waals surface area (Å²) in [6.45, 7) is 4.62. The van der Waals surface area contributed by atoms with E-state index in [2.05, 4.69) is 0 Å². The lowest BCUT2D eigenvalue weighted by atomic mass is 10.1. The van der Waals surface area contributed by atoms with E-state index in [0.29, 0.717) is 24.6 Å². The Hall–Kier alpha value is -0.980. The molecule has 0 saturated carbocycles. The minimum absolute atomic E-state index is 0.0436. The van der Waals surface area contributed by atoms with Gasteiger partial charge < -0.3 is 5.73 Å². The molecule has 6 heteroatoms. The summed E-state index contributed by atoms with van der Waals surface area (Å²) in [5.74, 6) is -0.175. The maximum atomic E-state index is 13.8. The third-order valence-corrected chi connectivity index (χ3v) is 5.59. The molecular weight excluding hydrogens is 267 g/mol. The van der Waals surface area contributed by atoms with Crippen molar-refractivity contribution in [3.63, 3.8) is 0 Å². The second-order valence-electron chi connectivity index (χ2n) is 5.16. The monoisotopic (exact) mass is 286 g/mol. The van der Waals surface area contributed by atoms with Crippen LogP contribution < -0.4 is 5.73 Å². The smallest absolute Gasteiger partial charge is 0.243 e. The Morgan fingerprint density at radius 3 is 2.68 bits per heavy atom. The standard InChI is InChI=1S/C13H19FN2O2S/c1-9-3-4-16(8-9)19(17,18)13-6-11(7-15)5-12(14)10(13)2/h5-6,9H,3-4,7-8,15H2,1-2H3. The molecule has 0 radical (unpaired) electrons. The Kier molecular flexibility index (Phi) is 3.94. The third kappa shape index (κ3) is 2.66. The van der Waals surface area contributed by atoms with E-state index >= 15 is 0 Å². The summed E-state index contributed by atoms with van der Waals surface area (Å²) in [5.41, 5.74) is 6.14. The highest BCUT2D eigenvalue weighted by atomic mass is 32.2. The predicted octanol–water partition coefficient (Wildman–Crippen LogP) is 1.62. The summed E-state index contributed by atoms with van der Waals surface area (Å²) < 4.78 is 40.3. The number of sulfonamides is 1. The van der Waals surface area contributed by atoms with Crippen molar-refractivity contribution in [1.29, 1.82) is 0 Å². The Labute approximate surface area is 113 Å². The molecule has 4 nitrogen and oxygen atoms in total. The molecule has 0 aliphatic carbocycles. The van der Waals surface area contributed by atoms with Crippen LogP contribution in [0.25, 0.3) is 0 Å². The van der Waals surface area contributed by atoms with Crippen LogP contribution >= 0.6 is 0 Å². The molecule has 1 saturated heterocycles. The summed E-state index contributed by atoms with van der Waals surface area (Å²) in [6.07, 6.45) is 0.845. The molecule has 0 bridgehead atoms. The van der Waals surface area contributed by atoms with Gasteiger partial charge in [0, 0.05) is 25.2 Å². The Balaban J connectivity index is 2.48. The van der Waals surface area contributed by atoms with Gasteiger partial charge >= 0.3 is 0 Å². The van der Waals surface area contributed by atoms with Gasteiger partial charge in [0.1, 0.15) is 5.82 Å². The maximum Gasteiger partial charge on any atom is 0.243 e. The lowest BCUT2D eigenvalue weighted by molar-refractivity contribution is 0.463. The molecule has 106 valence electrons. The van der Waals surface area contributed by atoms with Gasteiger partial charge in [-0.1, -0.05) is 6.92 Å². The van der Waals surface area contributed by atoms with Crippen molar-refractivity contribution >= 4 is 10.0 Å². The zero-order valence-corrected chi connectivity index (χ0v) is 12.0. The largest absolute Gasteiger partial charge is 0.326 e. The molecule has 0 spiro atoms. The van der Waals surface area contributed by atoms with Gasteiger partial charge in [-0.3, -0.25) is 0 Å². The van der Waals surface area contributed by atoms with Crippen LogP contribution in [-0.2, 0) is 16.6 Å². The van der Waals surface area contributed by atoms with E-state index in [1.165, 1.54) is 23.4 Å². The van der Waals surface area contributed by atoms with Gasteiger partial charge in [0.25, 0.3) is 0 Å². The second kappa shape index (κ2) is 5.19. The quantitative estimate of drug-likeness (QED) is 0.918. The summed E-state index contributed by atoms with van der Waals surface area (Å²) in [7, 11) is -3.62. The average molecular weight is 286 g/mol. The first kappa shape index (κ1) is 14.4. The van der Waals surface area contributed by atoms with Crippen LogP contribution in [0.5, 0.6) is 0 Å². The van der Waals surface area contributed by atoms with Crippen molar-refractivity contribution in [3.8, 4) is 0 Å². The van der Waals surface area contributed by atoms with Crippen molar-refractivity contribution in [2.24, 2.45) is 11.7 Å². The normalized spacial score (nSPS) is 20.9. The molecule has 1 aromatic carbocycles. The molecule has 0 aromatic heterocycles. The molecule has 1 aromatic rings. The van der Waals surface area contributed by atoms with Gasteiger partial charge in [0.05, 0.1) is 4.90 Å². The van der Waals surface area contributed by atoms with E-state index in [0.717, 1.165) is 6.42 Å². The first-order valence-corrected chi connectivity index (χ1v) is 7.79. The third-order valence-electron chi connectivity index (χ3n) is 3.60. The fourth-order valence-corrected chi connectivity index (χ4v) is 4.20. The van der Waals surface area contributed by atoms with Crippen molar-refractivity contribution in [3.05, 3.63) is 29.1 Å². The SMILES string of the molecule is Cc1c(F)cc(CN)cc1S(=O)(=O)N1CCC(C)C1. The van der Waals surface area contributed by atoms with Crippen LogP contribution in [0.1, 0.15) is 24.5 Å². The van der Waals surface area contributed by atoms with Gasteiger partial charge in [-0.25, -0.2) is 12.8 Å². The van der Waals surface area contributed by atoms with E-state index in [4.69, 9.17) is 5.73 Å². The van der Waals surface area contributed by atoms with Gasteiger partial charge in [0.2, 0.25) is 10.0 Å². The molecule has 1 heterocycles. The van der Waals surface area contributed by atoms with Crippen molar-refractivity contribution in [1.82, 2.24) is 4.31 Å². The lowest BCUT2D eigenvalue weighted by Crippen LogP contribution is -2.29. The predicted molar refractivity (Wildman–Crippen MR) is 71.6 cm³/mol. The van der Waals surface area contributed by atoms with Crippen LogP contribution in [0.15, 0.2) is 17.0 Å². The summed E-state index contributed by atoms with van der Waals surface area (Å²) in [6, 6.07) is 2.78. The Morgan fingerprint density at radius 1 is 1.47 bits per heavy atom. The molecule has 19 heavy (non-hydrogen) atoms. The van der Waals surface area contributed by atoms with E-state index in [1.54, 1.807) is 0 Å². The number of rotatable bonds is 3. The van der Waals surface area contributed by atoms with E-state index in [9.17, 15) is 12.8 Å². The van der Waals surface area contributed by atoms with Gasteiger partial charge in [-0.2, -0.15) is 4.31 Å². The summed E-state index contributed by atoms with van der Waals surface area (Å²) in [5, 5.41) is 0. The zero-order valence-electron chi connectivity index (χ0n) is 11.2. The number of nitrogens with two attached hydrogens (primary N) is 1. The Morgan fingerprint density at radius 2 is 2.16 bits per heavy atom. The minimum atomic E-state index is -3.62. The molecule has 0 amide bonds. The minimum Gasteiger partial charge on any atom is -0.326 e. The van der Waals surface area contributed by atoms with Crippen molar-refractivity contribution < 1.29 is 12.8 Å². The maximum absolute atomic E-state index is 13.8. The van der Waals surface area contributed by atoms with Gasteiger partial charge in [-0.15, -0.1) is 0 Å². The Bertz CT molecular complexity index is 587. The van der Waals surface area contributed by atoms with Gasteiger partial charge in [-0.05, 0) is 37.0 Å². The topological polar surface area (TPSA) is 63.4 Å². The molecule has 2 N–H and O–H groups in total. The molecule has 1 unspecified atom stereocenters. The second-order valence-corrected chi connectivity index (χ2v) is 7.07. The van der Waals surface area contributed by atoms with Crippen LogP contribution in [0.2, 0.25) is 0 Å². The van der Waals surface area contributed by atoms with Crippen LogP contribution in [0.4, 0.5) is 4.39 Å². The average Bonchev–Trinajstić information content (AvgIpc) is 2.79. The van der Waals surface area contributed by atoms with Crippen molar-refractivity contribution in [2.75, 3.05) is 13.1 Å². The summed E-state index contributed by atoms with van der Waals surface area (Å²) in [4.78, 5) is 0.0436. The zero-order chi connectivity index (χ0) is 14.2. The molecular formula is C13H19FN2O2S. The number of halogens is 1. The lowest BCUT2D eigenvalue weighted by Gasteiger charge is -2.18. The first-order valence-electron chi connectivity index (χ1n) is 6.35. The fourth-order valence-electron chi connectivity index (χ4n) is 2.34. The van der Waals surface area contributed by atoms with Crippen LogP contribution in [0.3, 0.4) is 0 Å². The molecule has 1 fully saturated rings. The fraction of sp³-hybridized carbons (Fsp3) is 0.538. The first-order chi connectivity index (χ1) is 8.86. The molecule has 1 aliphatic rings. The van der Waals surface area contributed by atoms with E-state index in [-0.39, 0.29) is 17.0 Å². The van der Waals surface area contributed by atoms with Gasteiger partial charge in [0.15, 0.2) is 0 Å². The number of benzene rings is 1. The number of hydrogen-bond donors (Lipinski definition) is 1.